The average Bonchev–Trinajstić information content (AvgIpc) is 2.84. The predicted molar refractivity (Wildman–Crippen MR) is 71.3 cm³/mol. The maximum absolute atomic E-state index is 12.6. The third-order valence-electron chi connectivity index (χ3n) is 4.44. The summed E-state index contributed by atoms with van der Waals surface area (Å²) in [5, 5.41) is 4.45. The molecule has 0 bridgehead atoms. The van der Waals surface area contributed by atoms with Crippen molar-refractivity contribution >= 4 is 0 Å². The topological polar surface area (TPSA) is 17.3 Å². The third kappa shape index (κ3) is 2.83. The number of piperidine rings is 1. The van der Waals surface area contributed by atoms with Crippen molar-refractivity contribution < 1.29 is 13.2 Å². The van der Waals surface area contributed by atoms with E-state index in [0.717, 1.165) is 37.5 Å². The molecule has 0 radical (unpaired) electrons. The number of benzene rings is 1. The predicted octanol–water partition coefficient (Wildman–Crippen LogP) is 3.39. The molecule has 1 saturated carbocycles. The van der Waals surface area contributed by atoms with Crippen LogP contribution in [-0.4, -0.2) is 31.6 Å². The zero-order valence-corrected chi connectivity index (χ0v) is 11.4. The number of nitrogens with zero attached hydrogens (tertiary/aromatic N) is 2. The van der Waals surface area contributed by atoms with Gasteiger partial charge in [-0.25, -0.2) is 0 Å². The second-order valence-corrected chi connectivity index (χ2v) is 5.98. The Kier molecular flexibility index (Phi) is 3.50. The maximum Gasteiger partial charge on any atom is 0.416 e. The van der Waals surface area contributed by atoms with Gasteiger partial charge in [0.15, 0.2) is 0 Å². The maximum atomic E-state index is 12.6. The van der Waals surface area contributed by atoms with Crippen molar-refractivity contribution in [3.05, 3.63) is 40.7 Å². The Morgan fingerprint density at radius 2 is 1.95 bits per heavy atom. The molecular formula is C15H18F3N2-. The first kappa shape index (κ1) is 13.9. The number of rotatable bonds is 4. The van der Waals surface area contributed by atoms with Gasteiger partial charge in [0, 0.05) is 13.1 Å². The lowest BCUT2D eigenvalue weighted by atomic mass is 10.1. The van der Waals surface area contributed by atoms with Crippen LogP contribution in [0.1, 0.15) is 11.1 Å². The molecule has 2 atom stereocenters. The Hall–Kier alpha value is -1.07. The minimum absolute atomic E-state index is 0.385. The fourth-order valence-corrected chi connectivity index (χ4v) is 3.32. The number of alkyl halides is 3. The van der Waals surface area contributed by atoms with E-state index in [9.17, 15) is 13.2 Å². The first-order valence-corrected chi connectivity index (χ1v) is 6.93. The first-order valence-electron chi connectivity index (χ1n) is 6.93. The van der Waals surface area contributed by atoms with E-state index in [4.69, 9.17) is 0 Å². The molecule has 1 aromatic carbocycles. The lowest BCUT2D eigenvalue weighted by molar-refractivity contribution is -0.137. The van der Waals surface area contributed by atoms with Crippen LogP contribution in [0.15, 0.2) is 24.3 Å². The molecule has 2 nitrogen and oxygen atoms in total. The molecule has 0 aromatic heterocycles. The van der Waals surface area contributed by atoms with Crippen LogP contribution in [0.3, 0.4) is 0 Å². The van der Waals surface area contributed by atoms with E-state index in [0.29, 0.717) is 18.0 Å². The van der Waals surface area contributed by atoms with Gasteiger partial charge in [0.2, 0.25) is 0 Å². The van der Waals surface area contributed by atoms with Crippen LogP contribution in [0.4, 0.5) is 13.2 Å². The van der Waals surface area contributed by atoms with Crippen molar-refractivity contribution in [3.8, 4) is 0 Å². The molecule has 1 aliphatic heterocycles. The SMILES string of the molecule is CN1CC2C(C[N-]Cc3cccc(C(F)(F)F)c3)C2C1. The molecule has 1 saturated heterocycles. The summed E-state index contributed by atoms with van der Waals surface area (Å²) < 4.78 is 37.8. The van der Waals surface area contributed by atoms with E-state index in [1.165, 1.54) is 12.1 Å². The smallest absolute Gasteiger partial charge is 0.416 e. The van der Waals surface area contributed by atoms with E-state index in [1.54, 1.807) is 6.07 Å². The third-order valence-corrected chi connectivity index (χ3v) is 4.44. The minimum Gasteiger partial charge on any atom is -0.658 e. The van der Waals surface area contributed by atoms with Crippen molar-refractivity contribution in [3.63, 3.8) is 0 Å². The second kappa shape index (κ2) is 5.04. The highest BCUT2D eigenvalue weighted by Gasteiger charge is 2.52. The lowest BCUT2D eigenvalue weighted by Crippen LogP contribution is -2.19. The number of hydrogen-bond acceptors (Lipinski definition) is 1. The van der Waals surface area contributed by atoms with Gasteiger partial charge in [0.25, 0.3) is 0 Å². The van der Waals surface area contributed by atoms with Crippen LogP contribution < -0.4 is 0 Å². The first-order chi connectivity index (χ1) is 9.45. The van der Waals surface area contributed by atoms with Crippen LogP contribution in [0.5, 0.6) is 0 Å². The van der Waals surface area contributed by atoms with Crippen LogP contribution in [0, 0.1) is 17.8 Å². The fraction of sp³-hybridized carbons (Fsp3) is 0.600. The number of likely N-dealkylation sites (tertiary alicyclic amines) is 1. The van der Waals surface area contributed by atoms with Crippen molar-refractivity contribution in [2.24, 2.45) is 17.8 Å². The molecule has 20 heavy (non-hydrogen) atoms. The van der Waals surface area contributed by atoms with E-state index in [-0.39, 0.29) is 0 Å². The summed E-state index contributed by atoms with van der Waals surface area (Å²) in [6.45, 7) is 3.47. The zero-order chi connectivity index (χ0) is 14.3. The second-order valence-electron chi connectivity index (χ2n) is 5.98. The highest BCUT2D eigenvalue weighted by Crippen LogP contribution is 2.51. The number of halogens is 3. The molecule has 2 unspecified atom stereocenters. The monoisotopic (exact) mass is 283 g/mol. The molecule has 1 aliphatic carbocycles. The Morgan fingerprint density at radius 3 is 2.60 bits per heavy atom. The van der Waals surface area contributed by atoms with Gasteiger partial charge in [-0.3, -0.25) is 0 Å². The Balaban J connectivity index is 1.48. The lowest BCUT2D eigenvalue weighted by Gasteiger charge is -2.22. The Labute approximate surface area is 117 Å². The number of fused-ring (bicyclic) bond motifs is 1. The normalized spacial score (nSPS) is 29.5. The molecule has 2 aliphatic rings. The van der Waals surface area contributed by atoms with Crippen LogP contribution in [-0.2, 0) is 12.7 Å². The van der Waals surface area contributed by atoms with E-state index in [1.807, 2.05) is 0 Å². The van der Waals surface area contributed by atoms with E-state index < -0.39 is 11.7 Å². The van der Waals surface area contributed by atoms with Gasteiger partial charge in [-0.1, -0.05) is 29.7 Å². The van der Waals surface area contributed by atoms with Gasteiger partial charge >= 0.3 is 6.18 Å². The summed E-state index contributed by atoms with van der Waals surface area (Å²) in [6, 6.07) is 5.46. The summed E-state index contributed by atoms with van der Waals surface area (Å²) in [5.41, 5.74) is 0.0536. The Bertz CT molecular complexity index is 474. The molecule has 2 fully saturated rings. The molecular weight excluding hydrogens is 265 g/mol. The van der Waals surface area contributed by atoms with Gasteiger partial charge in [0.05, 0.1) is 5.56 Å². The van der Waals surface area contributed by atoms with Crippen molar-refractivity contribution in [2.45, 2.75) is 12.7 Å². The highest BCUT2D eigenvalue weighted by atomic mass is 19.4. The molecule has 5 heteroatoms. The van der Waals surface area contributed by atoms with Gasteiger partial charge < -0.3 is 10.2 Å². The quantitative estimate of drug-likeness (QED) is 0.828. The zero-order valence-electron chi connectivity index (χ0n) is 11.4. The largest absolute Gasteiger partial charge is 0.658 e. The van der Waals surface area contributed by atoms with Crippen molar-refractivity contribution in [1.82, 2.24) is 4.90 Å². The van der Waals surface area contributed by atoms with Gasteiger partial charge in [-0.05, 0) is 24.9 Å². The van der Waals surface area contributed by atoms with Gasteiger partial charge in [-0.2, -0.15) is 13.2 Å². The molecule has 3 rings (SSSR count). The summed E-state index contributed by atoms with van der Waals surface area (Å²) in [5.74, 6) is 2.20. The summed E-state index contributed by atoms with van der Waals surface area (Å²) >= 11 is 0. The molecule has 1 heterocycles. The van der Waals surface area contributed by atoms with Crippen LogP contribution >= 0.6 is 0 Å². The van der Waals surface area contributed by atoms with Gasteiger partial charge in [0.1, 0.15) is 0 Å². The Morgan fingerprint density at radius 1 is 1.25 bits per heavy atom. The van der Waals surface area contributed by atoms with Crippen LogP contribution in [0.25, 0.3) is 5.32 Å². The fourth-order valence-electron chi connectivity index (χ4n) is 3.32. The van der Waals surface area contributed by atoms with Gasteiger partial charge in [-0.15, -0.1) is 13.1 Å². The van der Waals surface area contributed by atoms with E-state index >= 15 is 0 Å². The summed E-state index contributed by atoms with van der Waals surface area (Å²) in [7, 11) is 2.13. The summed E-state index contributed by atoms with van der Waals surface area (Å²) in [4.78, 5) is 2.33. The molecule has 0 amide bonds. The molecule has 0 N–H and O–H groups in total. The van der Waals surface area contributed by atoms with Crippen molar-refractivity contribution in [2.75, 3.05) is 26.7 Å². The highest BCUT2D eigenvalue weighted by molar-refractivity contribution is 5.27. The van der Waals surface area contributed by atoms with E-state index in [2.05, 4.69) is 17.3 Å². The van der Waals surface area contributed by atoms with Crippen molar-refractivity contribution in [1.29, 1.82) is 0 Å². The van der Waals surface area contributed by atoms with Crippen LogP contribution in [0.2, 0.25) is 0 Å². The molecule has 110 valence electrons. The summed E-state index contributed by atoms with van der Waals surface area (Å²) in [6.07, 6.45) is -4.27. The minimum atomic E-state index is -4.27. The molecule has 0 spiro atoms. The average molecular weight is 283 g/mol. The standard InChI is InChI=1S/C15H18F3N2/c1-20-8-13-12(14(13)9-20)7-19-6-10-3-2-4-11(5-10)15(16,17)18/h2-5,12-14H,6-9H2,1H3/q-1. The number of hydrogen-bond donors (Lipinski definition) is 0. The molecule has 1 aromatic rings.